The van der Waals surface area contributed by atoms with E-state index >= 15 is 0 Å². The number of rotatable bonds is 6. The number of allylic oxidation sites excluding steroid dienone is 5. The summed E-state index contributed by atoms with van der Waals surface area (Å²) < 4.78 is 0. The van der Waals surface area contributed by atoms with Gasteiger partial charge in [0.15, 0.2) is 0 Å². The molecule has 1 aromatic rings. The van der Waals surface area contributed by atoms with Crippen LogP contribution in [0, 0.1) is 0 Å². The Balaban J connectivity index is 2.36. The average molecular weight is 351 g/mol. The predicted octanol–water partition coefficient (Wildman–Crippen LogP) is 4.44. The molecular formula is C21H25N3O2. The normalized spacial score (nSPS) is 22.2. The summed E-state index contributed by atoms with van der Waals surface area (Å²) in [6.07, 6.45) is 9.91. The molecular weight excluding hydrogens is 326 g/mol. The number of carboxylic acids is 1. The van der Waals surface area contributed by atoms with Crippen molar-refractivity contribution in [3.63, 3.8) is 0 Å². The Morgan fingerprint density at radius 2 is 1.88 bits per heavy atom. The van der Waals surface area contributed by atoms with Crippen LogP contribution in [0.2, 0.25) is 0 Å². The van der Waals surface area contributed by atoms with Crippen LogP contribution in [-0.4, -0.2) is 22.5 Å². The molecule has 0 unspecified atom stereocenters. The molecule has 0 fully saturated rings. The number of hydrazone groups is 1. The van der Waals surface area contributed by atoms with E-state index in [2.05, 4.69) is 10.5 Å². The van der Waals surface area contributed by atoms with Gasteiger partial charge >= 0.3 is 5.97 Å². The quantitative estimate of drug-likeness (QED) is 0.744. The molecule has 0 aliphatic carbocycles. The van der Waals surface area contributed by atoms with Gasteiger partial charge in [-0.2, -0.15) is 5.10 Å². The summed E-state index contributed by atoms with van der Waals surface area (Å²) >= 11 is 0. The number of benzene rings is 1. The van der Waals surface area contributed by atoms with Crippen molar-refractivity contribution in [3.05, 3.63) is 71.6 Å². The Kier molecular flexibility index (Phi) is 7.55. The van der Waals surface area contributed by atoms with Crippen LogP contribution in [0.4, 0.5) is 0 Å². The number of nitrogens with one attached hydrogen (secondary N) is 1. The van der Waals surface area contributed by atoms with Crippen molar-refractivity contribution in [2.45, 2.75) is 39.5 Å². The molecule has 2 rings (SSSR count). The van der Waals surface area contributed by atoms with Gasteiger partial charge in [0, 0.05) is 23.9 Å². The van der Waals surface area contributed by atoms with Gasteiger partial charge in [0.05, 0.1) is 11.4 Å². The van der Waals surface area contributed by atoms with E-state index in [4.69, 9.17) is 10.1 Å². The number of carbonyl (C=O) groups is 1. The Bertz CT molecular complexity index is 772. The second-order valence-electron chi connectivity index (χ2n) is 6.17. The molecule has 1 heterocycles. The van der Waals surface area contributed by atoms with Crippen molar-refractivity contribution in [2.75, 3.05) is 0 Å². The van der Waals surface area contributed by atoms with Crippen LogP contribution in [-0.2, 0) is 4.79 Å². The van der Waals surface area contributed by atoms with Gasteiger partial charge in [0.2, 0.25) is 0 Å². The number of aliphatic imine (C=N–C) groups is 1. The lowest BCUT2D eigenvalue weighted by Crippen LogP contribution is -2.19. The first-order valence-corrected chi connectivity index (χ1v) is 8.76. The van der Waals surface area contributed by atoms with Gasteiger partial charge in [0.25, 0.3) is 0 Å². The standard InChI is InChI=1S/C21H25N3O2/c1-16-12-13-17(2)23-21(18-8-4-3-5-9-18)19(24-22-15-14-16)10-6-7-11-20(25)26/h3-5,8-9,12-15,22H,6-7,10-11H2,1-2H3,(H,25,26)/b15-14-,16-12-,17-13+,23-21-,24-19?. The van der Waals surface area contributed by atoms with Crippen LogP contribution in [0.15, 0.2) is 76.1 Å². The molecule has 136 valence electrons. The average Bonchev–Trinajstić information content (AvgIpc) is 2.66. The van der Waals surface area contributed by atoms with E-state index in [-0.39, 0.29) is 6.42 Å². The Morgan fingerprint density at radius 1 is 1.12 bits per heavy atom. The summed E-state index contributed by atoms with van der Waals surface area (Å²) in [6.45, 7) is 3.97. The van der Waals surface area contributed by atoms with E-state index in [9.17, 15) is 4.79 Å². The number of carboxylic acid groups (broad SMARTS) is 1. The number of hydrogen-bond acceptors (Lipinski definition) is 4. The van der Waals surface area contributed by atoms with Crippen molar-refractivity contribution in [1.29, 1.82) is 0 Å². The minimum Gasteiger partial charge on any atom is -0.481 e. The zero-order valence-electron chi connectivity index (χ0n) is 15.3. The summed E-state index contributed by atoms with van der Waals surface area (Å²) in [5.41, 5.74) is 7.57. The molecule has 0 saturated heterocycles. The van der Waals surface area contributed by atoms with Crippen LogP contribution < -0.4 is 5.43 Å². The lowest BCUT2D eigenvalue weighted by molar-refractivity contribution is -0.137. The third kappa shape index (κ3) is 6.51. The summed E-state index contributed by atoms with van der Waals surface area (Å²) in [5.74, 6) is -0.771. The zero-order chi connectivity index (χ0) is 18.8. The summed E-state index contributed by atoms with van der Waals surface area (Å²) in [6, 6.07) is 9.93. The highest BCUT2D eigenvalue weighted by atomic mass is 16.4. The zero-order valence-corrected chi connectivity index (χ0v) is 15.3. The summed E-state index contributed by atoms with van der Waals surface area (Å²) in [7, 11) is 0. The van der Waals surface area contributed by atoms with Crippen molar-refractivity contribution in [1.82, 2.24) is 5.43 Å². The number of nitrogens with zero attached hydrogens (tertiary/aromatic N) is 2. The topological polar surface area (TPSA) is 74.0 Å². The SMILES string of the molecule is CC1=C/C=C(C)/N=C(/c2ccccc2)C(CCCCC(=O)O)=NN/C=C\1. The molecule has 0 radical (unpaired) electrons. The molecule has 1 aliphatic heterocycles. The highest BCUT2D eigenvalue weighted by Crippen LogP contribution is 2.13. The van der Waals surface area contributed by atoms with Crippen LogP contribution in [0.1, 0.15) is 45.1 Å². The molecule has 0 saturated carbocycles. The van der Waals surface area contributed by atoms with Gasteiger partial charge < -0.3 is 5.11 Å². The number of aliphatic carboxylic acids is 1. The van der Waals surface area contributed by atoms with Gasteiger partial charge in [0.1, 0.15) is 0 Å². The molecule has 5 heteroatoms. The maximum absolute atomic E-state index is 10.7. The van der Waals surface area contributed by atoms with Gasteiger partial charge in [-0.05, 0) is 50.8 Å². The molecule has 0 atom stereocenters. The molecule has 2 N–H and O–H groups in total. The fourth-order valence-corrected chi connectivity index (χ4v) is 2.49. The Labute approximate surface area is 154 Å². The van der Waals surface area contributed by atoms with Crippen molar-refractivity contribution < 1.29 is 9.90 Å². The molecule has 0 aromatic heterocycles. The first-order chi connectivity index (χ1) is 12.6. The van der Waals surface area contributed by atoms with E-state index in [0.717, 1.165) is 34.7 Å². The van der Waals surface area contributed by atoms with E-state index < -0.39 is 5.97 Å². The van der Waals surface area contributed by atoms with Gasteiger partial charge in [-0.15, -0.1) is 0 Å². The Hall–Kier alpha value is -2.95. The lowest BCUT2D eigenvalue weighted by atomic mass is 10.0. The highest BCUT2D eigenvalue weighted by Gasteiger charge is 2.13. The second kappa shape index (κ2) is 10.1. The molecule has 1 aromatic carbocycles. The third-order valence-electron chi connectivity index (χ3n) is 3.87. The van der Waals surface area contributed by atoms with Crippen molar-refractivity contribution in [2.24, 2.45) is 10.1 Å². The highest BCUT2D eigenvalue weighted by molar-refractivity contribution is 6.48. The molecule has 0 bridgehead atoms. The van der Waals surface area contributed by atoms with Crippen molar-refractivity contribution >= 4 is 17.4 Å². The summed E-state index contributed by atoms with van der Waals surface area (Å²) in [5, 5.41) is 13.4. The molecule has 1 aliphatic rings. The van der Waals surface area contributed by atoms with Gasteiger partial charge in [-0.25, -0.2) is 0 Å². The second-order valence-corrected chi connectivity index (χ2v) is 6.17. The number of unbranched alkanes of at least 4 members (excludes halogenated alkanes) is 1. The van der Waals surface area contributed by atoms with E-state index in [1.165, 1.54) is 0 Å². The minimum absolute atomic E-state index is 0.167. The first kappa shape index (κ1) is 19.4. The summed E-state index contributed by atoms with van der Waals surface area (Å²) in [4.78, 5) is 15.5. The molecule has 0 amide bonds. The fourth-order valence-electron chi connectivity index (χ4n) is 2.49. The minimum atomic E-state index is -0.771. The molecule has 5 nitrogen and oxygen atoms in total. The smallest absolute Gasteiger partial charge is 0.303 e. The monoisotopic (exact) mass is 351 g/mol. The van der Waals surface area contributed by atoms with Crippen LogP contribution in [0.3, 0.4) is 0 Å². The van der Waals surface area contributed by atoms with Crippen molar-refractivity contribution in [3.8, 4) is 0 Å². The predicted molar refractivity (Wildman–Crippen MR) is 106 cm³/mol. The maximum atomic E-state index is 10.7. The molecule has 0 spiro atoms. The molecule has 26 heavy (non-hydrogen) atoms. The number of hydrogen-bond donors (Lipinski definition) is 2. The largest absolute Gasteiger partial charge is 0.481 e. The van der Waals surface area contributed by atoms with E-state index in [1.54, 1.807) is 6.20 Å². The third-order valence-corrected chi connectivity index (χ3v) is 3.87. The van der Waals surface area contributed by atoms with E-state index in [1.807, 2.05) is 62.4 Å². The fraction of sp³-hybridized carbons (Fsp3) is 0.286. The van der Waals surface area contributed by atoms with Gasteiger partial charge in [-0.3, -0.25) is 15.2 Å². The van der Waals surface area contributed by atoms with Crippen LogP contribution in [0.5, 0.6) is 0 Å². The lowest BCUT2D eigenvalue weighted by Gasteiger charge is -2.11. The van der Waals surface area contributed by atoms with Crippen LogP contribution in [0.25, 0.3) is 0 Å². The van der Waals surface area contributed by atoms with Crippen LogP contribution >= 0.6 is 0 Å². The van der Waals surface area contributed by atoms with E-state index in [0.29, 0.717) is 12.8 Å². The maximum Gasteiger partial charge on any atom is 0.303 e. The first-order valence-electron chi connectivity index (χ1n) is 8.76. The Morgan fingerprint density at radius 3 is 2.62 bits per heavy atom. The van der Waals surface area contributed by atoms with Gasteiger partial charge in [-0.1, -0.05) is 36.4 Å².